The van der Waals surface area contributed by atoms with E-state index in [0.29, 0.717) is 6.42 Å². The Morgan fingerprint density at radius 2 is 1.52 bits per heavy atom. The van der Waals surface area contributed by atoms with E-state index >= 15 is 0 Å². The number of ether oxygens (including phenoxy) is 4. The van der Waals surface area contributed by atoms with Gasteiger partial charge in [-0.2, -0.15) is 0 Å². The molecule has 0 saturated carbocycles. The Balaban J connectivity index is 2.25. The van der Waals surface area contributed by atoms with Crippen molar-refractivity contribution in [1.29, 1.82) is 0 Å². The molecule has 3 atom stereocenters. The van der Waals surface area contributed by atoms with Crippen LogP contribution in [0.5, 0.6) is 0 Å². The fraction of sp³-hybridized carbons (Fsp3) is 0.708. The Bertz CT molecular complexity index is 648. The number of methoxy groups -OCH3 is 2. The Kier molecular flexibility index (Phi) is 11.7. The van der Waals surface area contributed by atoms with Crippen LogP contribution in [0.15, 0.2) is 12.2 Å². The van der Waals surface area contributed by atoms with Gasteiger partial charge in [0, 0.05) is 34.0 Å². The predicted octanol–water partition coefficient (Wildman–Crippen LogP) is 4.75. The highest BCUT2D eigenvalue weighted by Gasteiger charge is 2.57. The summed E-state index contributed by atoms with van der Waals surface area (Å²) in [6.45, 7) is 5.54. The summed E-state index contributed by atoms with van der Waals surface area (Å²) in [7, 11) is 2.98. The highest BCUT2D eigenvalue weighted by Crippen LogP contribution is 2.38. The Morgan fingerprint density at radius 1 is 0.931 bits per heavy atom. The molecule has 0 amide bonds. The molecule has 162 valence electrons. The molecule has 3 unspecified atom stereocenters. The van der Waals surface area contributed by atoms with Crippen LogP contribution >= 0.6 is 0 Å². The second kappa shape index (κ2) is 13.4. The standard InChI is InChI=1S/C24H36O5/c1-6-7-8-9-10-11-12-13-14-15-16-17-18-19-20-21-22(25)29-24(3,27-5)23(2,26-4)28-21/h12-13,21H,6-9,16-20H2,1-5H3. The van der Waals surface area contributed by atoms with Gasteiger partial charge in [0.15, 0.2) is 6.10 Å². The van der Waals surface area contributed by atoms with Crippen LogP contribution in [0.1, 0.15) is 78.6 Å². The van der Waals surface area contributed by atoms with Crippen LogP contribution in [0.3, 0.4) is 0 Å². The Labute approximate surface area is 176 Å². The number of allylic oxidation sites excluding steroid dienone is 2. The molecular formula is C24H36O5. The second-order valence-corrected chi connectivity index (χ2v) is 7.36. The van der Waals surface area contributed by atoms with Crippen molar-refractivity contribution in [2.75, 3.05) is 14.2 Å². The zero-order chi connectivity index (χ0) is 21.6. The minimum Gasteiger partial charge on any atom is -0.425 e. The third kappa shape index (κ3) is 8.23. The fourth-order valence-corrected chi connectivity index (χ4v) is 2.94. The van der Waals surface area contributed by atoms with Gasteiger partial charge in [0.2, 0.25) is 5.79 Å². The largest absolute Gasteiger partial charge is 0.425 e. The fourth-order valence-electron chi connectivity index (χ4n) is 2.94. The average molecular weight is 405 g/mol. The van der Waals surface area contributed by atoms with Crippen LogP contribution in [0.2, 0.25) is 0 Å². The minimum absolute atomic E-state index is 0.412. The number of hydrogen-bond donors (Lipinski definition) is 0. The molecule has 0 N–H and O–H groups in total. The molecule has 0 radical (unpaired) electrons. The molecule has 0 spiro atoms. The zero-order valence-corrected chi connectivity index (χ0v) is 18.6. The molecule has 29 heavy (non-hydrogen) atoms. The average Bonchev–Trinajstić information content (AvgIpc) is 2.71. The molecule has 1 rings (SSSR count). The number of unbranched alkanes of at least 4 members (excludes halogenated alkanes) is 6. The van der Waals surface area contributed by atoms with Crippen molar-refractivity contribution in [3.63, 3.8) is 0 Å². The lowest BCUT2D eigenvalue weighted by Gasteiger charge is -2.47. The van der Waals surface area contributed by atoms with Crippen molar-refractivity contribution in [1.82, 2.24) is 0 Å². The number of hydrogen-bond acceptors (Lipinski definition) is 5. The zero-order valence-electron chi connectivity index (χ0n) is 18.6. The lowest BCUT2D eigenvalue weighted by Crippen LogP contribution is -2.64. The molecule has 1 aliphatic heterocycles. The monoisotopic (exact) mass is 404 g/mol. The van der Waals surface area contributed by atoms with Gasteiger partial charge in [-0.1, -0.05) is 56.3 Å². The highest BCUT2D eigenvalue weighted by molar-refractivity contribution is 5.75. The third-order valence-electron chi connectivity index (χ3n) is 5.16. The topological polar surface area (TPSA) is 54.0 Å². The van der Waals surface area contributed by atoms with E-state index < -0.39 is 23.6 Å². The lowest BCUT2D eigenvalue weighted by atomic mass is 10.0. The van der Waals surface area contributed by atoms with Crippen molar-refractivity contribution in [3.05, 3.63) is 12.2 Å². The number of esters is 1. The van der Waals surface area contributed by atoms with Crippen LogP contribution in [0.25, 0.3) is 0 Å². The maximum atomic E-state index is 12.2. The summed E-state index contributed by atoms with van der Waals surface area (Å²) in [6.07, 6.45) is 11.8. The molecule has 5 nitrogen and oxygen atoms in total. The summed E-state index contributed by atoms with van der Waals surface area (Å²) in [5.41, 5.74) is 0. The van der Waals surface area contributed by atoms with Gasteiger partial charge in [0.25, 0.3) is 5.79 Å². The van der Waals surface area contributed by atoms with E-state index in [0.717, 1.165) is 32.1 Å². The number of rotatable bonds is 10. The molecule has 0 aliphatic carbocycles. The first-order valence-corrected chi connectivity index (χ1v) is 10.5. The van der Waals surface area contributed by atoms with Crippen molar-refractivity contribution in [2.45, 2.75) is 96.2 Å². The summed E-state index contributed by atoms with van der Waals surface area (Å²) in [5.74, 6) is 9.44. The molecule has 1 fully saturated rings. The Hall–Kier alpha value is -1.79. The van der Waals surface area contributed by atoms with E-state index in [2.05, 4.69) is 30.6 Å². The molecule has 0 aromatic carbocycles. The van der Waals surface area contributed by atoms with Gasteiger partial charge in [-0.15, -0.1) is 0 Å². The SMILES string of the molecule is CCCCCC#CC=CC#CCCCCCC1OC(C)(OC)C(C)(OC)OC1=O. The second-order valence-electron chi connectivity index (χ2n) is 7.36. The first-order chi connectivity index (χ1) is 13.9. The Morgan fingerprint density at radius 3 is 2.07 bits per heavy atom. The molecule has 0 aromatic rings. The molecule has 1 aliphatic rings. The van der Waals surface area contributed by atoms with Crippen molar-refractivity contribution >= 4 is 5.97 Å². The van der Waals surface area contributed by atoms with Crippen LogP contribution < -0.4 is 0 Å². The minimum atomic E-state index is -1.27. The van der Waals surface area contributed by atoms with Gasteiger partial charge in [-0.3, -0.25) is 0 Å². The first-order valence-electron chi connectivity index (χ1n) is 10.5. The number of cyclic esters (lactones) is 1. The maximum absolute atomic E-state index is 12.2. The predicted molar refractivity (Wildman–Crippen MR) is 114 cm³/mol. The summed E-state index contributed by atoms with van der Waals surface area (Å²) in [6, 6.07) is 0. The van der Waals surface area contributed by atoms with Crippen LogP contribution in [0.4, 0.5) is 0 Å². The summed E-state index contributed by atoms with van der Waals surface area (Å²) >= 11 is 0. The van der Waals surface area contributed by atoms with E-state index in [4.69, 9.17) is 18.9 Å². The van der Waals surface area contributed by atoms with E-state index in [1.807, 2.05) is 6.08 Å². The van der Waals surface area contributed by atoms with Gasteiger partial charge >= 0.3 is 5.97 Å². The van der Waals surface area contributed by atoms with E-state index in [-0.39, 0.29) is 0 Å². The lowest BCUT2D eigenvalue weighted by molar-refractivity contribution is -0.406. The van der Waals surface area contributed by atoms with Gasteiger partial charge in [0.05, 0.1) is 0 Å². The third-order valence-corrected chi connectivity index (χ3v) is 5.16. The van der Waals surface area contributed by atoms with E-state index in [1.165, 1.54) is 33.5 Å². The quantitative estimate of drug-likeness (QED) is 0.299. The number of carbonyl (C=O) groups excluding carboxylic acids is 1. The summed E-state index contributed by atoms with van der Waals surface area (Å²) in [4.78, 5) is 12.2. The van der Waals surface area contributed by atoms with Crippen molar-refractivity contribution in [3.8, 4) is 23.7 Å². The molecule has 1 heterocycles. The first kappa shape index (κ1) is 25.2. The van der Waals surface area contributed by atoms with E-state index in [9.17, 15) is 4.79 Å². The van der Waals surface area contributed by atoms with Crippen LogP contribution in [-0.2, 0) is 23.7 Å². The highest BCUT2D eigenvalue weighted by atomic mass is 16.8. The number of carbonyl (C=O) groups is 1. The maximum Gasteiger partial charge on any atom is 0.338 e. The van der Waals surface area contributed by atoms with Gasteiger partial charge in [0.1, 0.15) is 0 Å². The van der Waals surface area contributed by atoms with Gasteiger partial charge < -0.3 is 18.9 Å². The van der Waals surface area contributed by atoms with Crippen molar-refractivity contribution in [2.24, 2.45) is 0 Å². The van der Waals surface area contributed by atoms with Crippen molar-refractivity contribution < 1.29 is 23.7 Å². The molecule has 0 aromatic heterocycles. The normalized spacial score (nSPS) is 26.4. The van der Waals surface area contributed by atoms with Gasteiger partial charge in [-0.05, 0) is 38.3 Å². The van der Waals surface area contributed by atoms with Gasteiger partial charge in [-0.25, -0.2) is 4.79 Å². The summed E-state index contributed by atoms with van der Waals surface area (Å²) in [5, 5.41) is 0. The molecular weight excluding hydrogens is 368 g/mol. The summed E-state index contributed by atoms with van der Waals surface area (Å²) < 4.78 is 22.1. The van der Waals surface area contributed by atoms with E-state index in [1.54, 1.807) is 19.9 Å². The molecule has 1 saturated heterocycles. The molecule has 0 bridgehead atoms. The smallest absolute Gasteiger partial charge is 0.338 e. The molecule has 5 heteroatoms. The van der Waals surface area contributed by atoms with Crippen LogP contribution in [-0.4, -0.2) is 37.9 Å². The van der Waals surface area contributed by atoms with Crippen LogP contribution in [0, 0.1) is 23.7 Å².